The molecule has 0 saturated carbocycles. The third kappa shape index (κ3) is 6.70. The minimum absolute atomic E-state index is 0.00251. The van der Waals surface area contributed by atoms with Crippen LogP contribution in [0, 0.1) is 18.7 Å². The zero-order valence-electron chi connectivity index (χ0n) is 19.9. The number of rotatable bonds is 7. The van der Waals surface area contributed by atoms with E-state index in [1.807, 2.05) is 44.2 Å². The molecule has 33 heavy (non-hydrogen) atoms. The van der Waals surface area contributed by atoms with Crippen molar-refractivity contribution in [2.45, 2.75) is 45.6 Å². The molecular formula is C26H34FN3O3. The fourth-order valence-electron chi connectivity index (χ4n) is 4.22. The van der Waals surface area contributed by atoms with Crippen LogP contribution in [0.15, 0.2) is 42.5 Å². The van der Waals surface area contributed by atoms with Gasteiger partial charge in [0.25, 0.3) is 0 Å². The number of piperidine rings is 1. The van der Waals surface area contributed by atoms with E-state index in [-0.39, 0.29) is 35.6 Å². The molecule has 2 N–H and O–H groups in total. The van der Waals surface area contributed by atoms with Gasteiger partial charge in [-0.25, -0.2) is 9.18 Å². The zero-order chi connectivity index (χ0) is 24.0. The van der Waals surface area contributed by atoms with Gasteiger partial charge in [-0.1, -0.05) is 24.3 Å². The minimum atomic E-state index is -0.331. The first-order chi connectivity index (χ1) is 15.8. The Labute approximate surface area is 195 Å². The number of nitrogens with one attached hydrogen (secondary N) is 2. The number of ether oxygens (including phenoxy) is 1. The molecule has 3 rings (SSSR count). The maximum absolute atomic E-state index is 13.8. The number of nitrogens with zero attached hydrogens (tertiary/aromatic N) is 1. The summed E-state index contributed by atoms with van der Waals surface area (Å²) in [7, 11) is 1.63. The Morgan fingerprint density at radius 2 is 1.88 bits per heavy atom. The minimum Gasteiger partial charge on any atom is -0.497 e. The number of hydrogen-bond donors (Lipinski definition) is 2. The summed E-state index contributed by atoms with van der Waals surface area (Å²) >= 11 is 0. The van der Waals surface area contributed by atoms with Gasteiger partial charge in [0, 0.05) is 31.6 Å². The highest BCUT2D eigenvalue weighted by molar-refractivity contribution is 5.81. The number of likely N-dealkylation sites (tertiary alicyclic amines) is 1. The second-order valence-corrected chi connectivity index (χ2v) is 9.04. The average molecular weight is 456 g/mol. The van der Waals surface area contributed by atoms with E-state index in [1.54, 1.807) is 25.0 Å². The molecule has 0 aromatic heterocycles. The SMILES string of the molecule is COc1ccc(CCNC(=O)[C@H]2C[C@@H](c3ccc(F)c(C)c3)CN(C(=O)NC(C)C)C2)cc1. The second kappa shape index (κ2) is 11.2. The van der Waals surface area contributed by atoms with Crippen LogP contribution in [0.1, 0.15) is 42.9 Å². The van der Waals surface area contributed by atoms with E-state index in [9.17, 15) is 14.0 Å². The smallest absolute Gasteiger partial charge is 0.317 e. The van der Waals surface area contributed by atoms with Gasteiger partial charge in [0.1, 0.15) is 11.6 Å². The third-order valence-electron chi connectivity index (χ3n) is 6.05. The summed E-state index contributed by atoms with van der Waals surface area (Å²) < 4.78 is 19.0. The highest BCUT2D eigenvalue weighted by atomic mass is 19.1. The van der Waals surface area contributed by atoms with E-state index in [1.165, 1.54) is 6.07 Å². The number of amides is 3. The molecule has 1 fully saturated rings. The molecule has 0 aliphatic carbocycles. The van der Waals surface area contributed by atoms with Crippen LogP contribution in [-0.2, 0) is 11.2 Å². The van der Waals surface area contributed by atoms with Crippen molar-refractivity contribution < 1.29 is 18.7 Å². The van der Waals surface area contributed by atoms with Crippen molar-refractivity contribution in [3.8, 4) is 5.75 Å². The second-order valence-electron chi connectivity index (χ2n) is 9.04. The number of hydrogen-bond acceptors (Lipinski definition) is 3. The molecule has 2 atom stereocenters. The zero-order valence-corrected chi connectivity index (χ0v) is 19.9. The van der Waals surface area contributed by atoms with Crippen molar-refractivity contribution in [1.82, 2.24) is 15.5 Å². The summed E-state index contributed by atoms with van der Waals surface area (Å²) in [5.41, 5.74) is 2.63. The molecule has 0 unspecified atom stereocenters. The number of methoxy groups -OCH3 is 1. The molecule has 178 valence electrons. The lowest BCUT2D eigenvalue weighted by molar-refractivity contribution is -0.126. The molecule has 7 heteroatoms. The topological polar surface area (TPSA) is 70.7 Å². The van der Waals surface area contributed by atoms with Crippen LogP contribution in [0.4, 0.5) is 9.18 Å². The van der Waals surface area contributed by atoms with Crippen molar-refractivity contribution in [2.75, 3.05) is 26.7 Å². The lowest BCUT2D eigenvalue weighted by Gasteiger charge is -2.38. The van der Waals surface area contributed by atoms with E-state index in [0.717, 1.165) is 16.9 Å². The molecule has 2 aromatic rings. The van der Waals surface area contributed by atoms with Gasteiger partial charge in [0.2, 0.25) is 5.91 Å². The molecule has 3 amide bonds. The monoisotopic (exact) mass is 455 g/mol. The highest BCUT2D eigenvalue weighted by Crippen LogP contribution is 2.31. The molecule has 0 spiro atoms. The number of aryl methyl sites for hydroxylation is 1. The largest absolute Gasteiger partial charge is 0.497 e. The van der Waals surface area contributed by atoms with Crippen LogP contribution < -0.4 is 15.4 Å². The highest BCUT2D eigenvalue weighted by Gasteiger charge is 2.34. The van der Waals surface area contributed by atoms with Crippen LogP contribution in [0.3, 0.4) is 0 Å². The van der Waals surface area contributed by atoms with E-state index in [0.29, 0.717) is 38.0 Å². The molecule has 1 aliphatic rings. The molecule has 0 radical (unpaired) electrons. The Balaban J connectivity index is 1.67. The number of carbonyl (C=O) groups is 2. The Kier molecular flexibility index (Phi) is 8.31. The van der Waals surface area contributed by atoms with Gasteiger partial charge in [-0.05, 0) is 68.5 Å². The number of benzene rings is 2. The summed E-state index contributed by atoms with van der Waals surface area (Å²) in [4.78, 5) is 27.5. The summed E-state index contributed by atoms with van der Waals surface area (Å²) in [6.07, 6.45) is 1.32. The lowest BCUT2D eigenvalue weighted by Crippen LogP contribution is -2.52. The van der Waals surface area contributed by atoms with Gasteiger partial charge in [-0.2, -0.15) is 0 Å². The first-order valence-corrected chi connectivity index (χ1v) is 11.5. The quantitative estimate of drug-likeness (QED) is 0.662. The van der Waals surface area contributed by atoms with Crippen LogP contribution in [0.2, 0.25) is 0 Å². The van der Waals surface area contributed by atoms with Crippen LogP contribution in [-0.4, -0.2) is 49.6 Å². The summed E-state index contributed by atoms with van der Waals surface area (Å²) in [6.45, 7) is 6.93. The van der Waals surface area contributed by atoms with E-state index < -0.39 is 0 Å². The Bertz CT molecular complexity index is 962. The van der Waals surface area contributed by atoms with Crippen LogP contribution in [0.5, 0.6) is 5.75 Å². The first kappa shape index (κ1) is 24.6. The summed E-state index contributed by atoms with van der Waals surface area (Å²) in [5.74, 6) is 0.120. The predicted molar refractivity (Wildman–Crippen MR) is 127 cm³/mol. The fraction of sp³-hybridized carbons (Fsp3) is 0.462. The Morgan fingerprint density at radius 3 is 2.52 bits per heavy atom. The lowest BCUT2D eigenvalue weighted by atomic mass is 9.83. The molecule has 1 aliphatic heterocycles. The van der Waals surface area contributed by atoms with Crippen molar-refractivity contribution in [2.24, 2.45) is 5.92 Å². The molecule has 6 nitrogen and oxygen atoms in total. The van der Waals surface area contributed by atoms with Crippen molar-refractivity contribution in [3.05, 3.63) is 65.0 Å². The maximum atomic E-state index is 13.8. The Morgan fingerprint density at radius 1 is 1.15 bits per heavy atom. The van der Waals surface area contributed by atoms with Gasteiger partial charge < -0.3 is 20.3 Å². The summed E-state index contributed by atoms with van der Waals surface area (Å²) in [6, 6.07) is 12.6. The Hall–Kier alpha value is -3.09. The number of carbonyl (C=O) groups excluding carboxylic acids is 2. The van der Waals surface area contributed by atoms with Gasteiger partial charge in [-0.15, -0.1) is 0 Å². The van der Waals surface area contributed by atoms with Crippen molar-refractivity contribution >= 4 is 11.9 Å². The first-order valence-electron chi connectivity index (χ1n) is 11.5. The molecular weight excluding hydrogens is 421 g/mol. The normalized spacial score (nSPS) is 18.2. The third-order valence-corrected chi connectivity index (χ3v) is 6.05. The van der Waals surface area contributed by atoms with E-state index in [4.69, 9.17) is 4.74 Å². The number of halogens is 1. The van der Waals surface area contributed by atoms with E-state index >= 15 is 0 Å². The maximum Gasteiger partial charge on any atom is 0.317 e. The van der Waals surface area contributed by atoms with Gasteiger partial charge in [0.15, 0.2) is 0 Å². The van der Waals surface area contributed by atoms with Gasteiger partial charge in [0.05, 0.1) is 13.0 Å². The molecule has 0 bridgehead atoms. The average Bonchev–Trinajstić information content (AvgIpc) is 2.80. The van der Waals surface area contributed by atoms with Crippen molar-refractivity contribution in [1.29, 1.82) is 0 Å². The molecule has 2 aromatic carbocycles. The molecule has 1 saturated heterocycles. The van der Waals surface area contributed by atoms with Crippen LogP contribution in [0.25, 0.3) is 0 Å². The van der Waals surface area contributed by atoms with Gasteiger partial charge >= 0.3 is 6.03 Å². The van der Waals surface area contributed by atoms with Crippen LogP contribution >= 0.6 is 0 Å². The number of urea groups is 1. The van der Waals surface area contributed by atoms with Gasteiger partial charge in [-0.3, -0.25) is 4.79 Å². The summed E-state index contributed by atoms with van der Waals surface area (Å²) in [5, 5.41) is 5.96. The van der Waals surface area contributed by atoms with Crippen molar-refractivity contribution in [3.63, 3.8) is 0 Å². The predicted octanol–water partition coefficient (Wildman–Crippen LogP) is 4.03. The molecule has 1 heterocycles. The van der Waals surface area contributed by atoms with E-state index in [2.05, 4.69) is 10.6 Å². The standard InChI is InChI=1S/C26H34FN3O3/c1-17(2)29-26(32)30-15-21(20-7-10-24(27)18(3)13-20)14-22(16-30)25(31)28-12-11-19-5-8-23(33-4)9-6-19/h5-10,13,17,21-22H,11-12,14-16H2,1-4H3,(H,28,31)(H,29,32)/t21-,22+/m1/s1. The fourth-order valence-corrected chi connectivity index (χ4v) is 4.22.